The number of anilines is 2. The van der Waals surface area contributed by atoms with Gasteiger partial charge in [0, 0.05) is 19.4 Å². The van der Waals surface area contributed by atoms with Crippen LogP contribution in [0, 0.1) is 5.92 Å². The number of alkyl halides is 6. The van der Waals surface area contributed by atoms with Crippen molar-refractivity contribution in [3.05, 3.63) is 45.7 Å². The minimum Gasteiger partial charge on any atom is -0.381 e. The summed E-state index contributed by atoms with van der Waals surface area (Å²) in [4.78, 5) is 38.4. The Bertz CT molecular complexity index is 1380. The zero-order valence-electron chi connectivity index (χ0n) is 18.9. The topological polar surface area (TPSA) is 112 Å². The van der Waals surface area contributed by atoms with Crippen LogP contribution in [-0.4, -0.2) is 51.4 Å². The molecule has 18 heteroatoms. The maximum absolute atomic E-state index is 13.2. The summed E-state index contributed by atoms with van der Waals surface area (Å²) < 4.78 is 77.2. The first kappa shape index (κ1) is 27.4. The van der Waals surface area contributed by atoms with Gasteiger partial charge in [-0.25, -0.2) is 9.97 Å². The van der Waals surface area contributed by atoms with Crippen molar-refractivity contribution < 1.29 is 40.8 Å². The molecule has 0 saturated carbocycles. The average molecular weight is 584 g/mol. The summed E-state index contributed by atoms with van der Waals surface area (Å²) in [7, 11) is 1.19. The van der Waals surface area contributed by atoms with Gasteiger partial charge in [-0.1, -0.05) is 28.4 Å². The molecule has 4 heterocycles. The number of hydrazine groups is 1. The highest BCUT2D eigenvalue weighted by Gasteiger charge is 2.58. The number of halogens is 8. The van der Waals surface area contributed by atoms with Gasteiger partial charge in [-0.05, 0) is 19.1 Å². The number of hydrogen-bond donors (Lipinski definition) is 1. The first-order valence-corrected chi connectivity index (χ1v) is 11.0. The lowest BCUT2D eigenvalue weighted by Crippen LogP contribution is -2.46. The van der Waals surface area contributed by atoms with Crippen molar-refractivity contribution in [3.8, 4) is 0 Å². The Labute approximate surface area is 218 Å². The van der Waals surface area contributed by atoms with Crippen molar-refractivity contribution in [3.63, 3.8) is 0 Å². The summed E-state index contributed by atoms with van der Waals surface area (Å²) in [5.41, 5.74) is 0.0691. The Morgan fingerprint density at radius 1 is 1.03 bits per heavy atom. The van der Waals surface area contributed by atoms with E-state index in [4.69, 9.17) is 28.0 Å². The molecule has 0 aromatic carbocycles. The molecule has 10 nitrogen and oxygen atoms in total. The summed E-state index contributed by atoms with van der Waals surface area (Å²) >= 11 is 11.8. The van der Waals surface area contributed by atoms with Gasteiger partial charge in [0.15, 0.2) is 11.6 Å². The van der Waals surface area contributed by atoms with Crippen molar-refractivity contribution in [1.29, 1.82) is 0 Å². The normalized spacial score (nSPS) is 19.9. The van der Waals surface area contributed by atoms with Gasteiger partial charge in [-0.3, -0.25) is 20.0 Å². The Balaban J connectivity index is 1.53. The molecule has 2 aliphatic rings. The molecule has 2 aromatic rings. The average Bonchev–Trinajstić information content (AvgIpc) is 3.36. The third kappa shape index (κ3) is 4.92. The van der Waals surface area contributed by atoms with E-state index in [2.05, 4.69) is 25.7 Å². The molecule has 202 valence electrons. The number of imide groups is 1. The van der Waals surface area contributed by atoms with E-state index < -0.39 is 52.3 Å². The van der Waals surface area contributed by atoms with Crippen molar-refractivity contribution >= 4 is 58.1 Å². The Kier molecular flexibility index (Phi) is 6.90. The fraction of sp³-hybridized carbons (Fsp3) is 0.300. The van der Waals surface area contributed by atoms with Crippen molar-refractivity contribution in [1.82, 2.24) is 15.0 Å². The van der Waals surface area contributed by atoms with E-state index in [1.54, 1.807) is 0 Å². The molecule has 1 N–H and O–H groups in total. The van der Waals surface area contributed by atoms with Gasteiger partial charge in [0.1, 0.15) is 11.6 Å². The number of oxime groups is 1. The zero-order valence-corrected chi connectivity index (χ0v) is 20.4. The maximum atomic E-state index is 13.2. The smallest absolute Gasteiger partial charge is 0.381 e. The van der Waals surface area contributed by atoms with Crippen LogP contribution >= 0.6 is 23.2 Å². The number of rotatable bonds is 5. The van der Waals surface area contributed by atoms with Crippen LogP contribution in [0.15, 0.2) is 34.8 Å². The lowest BCUT2D eigenvalue weighted by Gasteiger charge is -2.28. The highest BCUT2D eigenvalue weighted by molar-refractivity contribution is 6.47. The highest BCUT2D eigenvalue weighted by Crippen LogP contribution is 2.37. The molecule has 0 radical (unpaired) electrons. The summed E-state index contributed by atoms with van der Waals surface area (Å²) in [6, 6.07) is 1.24. The van der Waals surface area contributed by atoms with E-state index in [0.29, 0.717) is 29.5 Å². The van der Waals surface area contributed by atoms with E-state index >= 15 is 0 Å². The summed E-state index contributed by atoms with van der Waals surface area (Å²) in [6.45, 7) is 1.37. The minimum absolute atomic E-state index is 0.00612. The van der Waals surface area contributed by atoms with Gasteiger partial charge in [0.2, 0.25) is 6.10 Å². The van der Waals surface area contributed by atoms with E-state index in [0.717, 1.165) is 5.01 Å². The molecule has 2 atom stereocenters. The molecular weight excluding hydrogens is 571 g/mol. The van der Waals surface area contributed by atoms with Crippen LogP contribution in [0.1, 0.15) is 18.1 Å². The standard InChI is InChI=1S/C20H13Cl2F6N7O3/c1-7(31-32-15-10(21)3-8(5-29-15)19(23,24)25)13-12-14(38-33-13)18(37)35(17(12)36)34(2)16-11(22)4-9(6-30-16)20(26,27)28/h3-6,12,14H,1-2H3,(H,29,32)/b31-7+/t12-,14+/m0/s1. The number of nitrogens with one attached hydrogen (secondary N) is 1. The number of hydrazone groups is 1. The van der Waals surface area contributed by atoms with E-state index in [9.17, 15) is 35.9 Å². The van der Waals surface area contributed by atoms with Crippen LogP contribution in [0.4, 0.5) is 38.0 Å². The number of carbonyl (C=O) groups excluding carboxylic acids is 2. The molecule has 1 fully saturated rings. The summed E-state index contributed by atoms with van der Waals surface area (Å²) in [6.07, 6.45) is -9.75. The van der Waals surface area contributed by atoms with E-state index in [1.165, 1.54) is 14.0 Å². The van der Waals surface area contributed by atoms with Crippen LogP contribution in [0.25, 0.3) is 0 Å². The lowest BCUT2D eigenvalue weighted by molar-refractivity contribution is -0.143. The lowest BCUT2D eigenvalue weighted by atomic mass is 9.97. The molecule has 0 unspecified atom stereocenters. The second-order valence-electron chi connectivity index (χ2n) is 7.88. The Hall–Kier alpha value is -3.66. The molecule has 0 bridgehead atoms. The van der Waals surface area contributed by atoms with Crippen molar-refractivity contribution in [2.45, 2.75) is 25.4 Å². The predicted molar refractivity (Wildman–Crippen MR) is 121 cm³/mol. The SMILES string of the molecule is C/C(=N\Nc1ncc(C(F)(F)F)cc1Cl)C1=NO[C@H]2C(=O)N(N(C)c3ncc(C(F)(F)F)cc3Cl)C(=O)[C@@H]12. The van der Waals surface area contributed by atoms with Crippen LogP contribution in [-0.2, 0) is 26.8 Å². The molecule has 2 aromatic heterocycles. The van der Waals surface area contributed by atoms with Crippen LogP contribution in [0.2, 0.25) is 10.0 Å². The number of nitrogens with zero attached hydrogens (tertiary/aromatic N) is 6. The quantitative estimate of drug-likeness (QED) is 0.240. The molecule has 2 aliphatic heterocycles. The van der Waals surface area contributed by atoms with Crippen LogP contribution in [0.3, 0.4) is 0 Å². The Morgan fingerprint density at radius 2 is 1.61 bits per heavy atom. The van der Waals surface area contributed by atoms with Crippen LogP contribution < -0.4 is 10.4 Å². The largest absolute Gasteiger partial charge is 0.417 e. The fourth-order valence-electron chi connectivity index (χ4n) is 3.54. The van der Waals surface area contributed by atoms with Gasteiger partial charge < -0.3 is 4.84 Å². The van der Waals surface area contributed by atoms with Gasteiger partial charge in [0.05, 0.1) is 26.9 Å². The third-order valence-electron chi connectivity index (χ3n) is 5.41. The molecule has 0 aliphatic carbocycles. The van der Waals surface area contributed by atoms with E-state index in [-0.39, 0.29) is 28.1 Å². The molecule has 4 rings (SSSR count). The Morgan fingerprint density at radius 3 is 2.16 bits per heavy atom. The summed E-state index contributed by atoms with van der Waals surface area (Å²) in [5.74, 6) is -3.59. The molecule has 0 spiro atoms. The van der Waals surface area contributed by atoms with Gasteiger partial charge >= 0.3 is 12.4 Å². The zero-order chi connectivity index (χ0) is 28.2. The number of fused-ring (bicyclic) bond motifs is 1. The molecule has 2 amide bonds. The number of aromatic nitrogens is 2. The second-order valence-corrected chi connectivity index (χ2v) is 8.69. The molecule has 38 heavy (non-hydrogen) atoms. The number of carbonyl (C=O) groups is 2. The third-order valence-corrected chi connectivity index (χ3v) is 5.98. The highest BCUT2D eigenvalue weighted by atomic mass is 35.5. The van der Waals surface area contributed by atoms with Crippen molar-refractivity contribution in [2.75, 3.05) is 17.5 Å². The van der Waals surface area contributed by atoms with Gasteiger partial charge in [-0.15, -0.1) is 0 Å². The van der Waals surface area contributed by atoms with Crippen LogP contribution in [0.5, 0.6) is 0 Å². The van der Waals surface area contributed by atoms with Gasteiger partial charge in [0.25, 0.3) is 11.8 Å². The molecule has 1 saturated heterocycles. The fourth-order valence-corrected chi connectivity index (χ4v) is 4.04. The maximum Gasteiger partial charge on any atom is 0.417 e. The first-order chi connectivity index (χ1) is 17.6. The van der Waals surface area contributed by atoms with Crippen molar-refractivity contribution in [2.24, 2.45) is 16.2 Å². The van der Waals surface area contributed by atoms with Gasteiger partial charge in [-0.2, -0.15) is 36.5 Å². The van der Waals surface area contributed by atoms with E-state index in [1.807, 2.05) is 0 Å². The number of amides is 2. The predicted octanol–water partition coefficient (Wildman–Crippen LogP) is 4.40. The minimum atomic E-state index is -4.71. The number of pyridine rings is 2. The number of hydrogen-bond acceptors (Lipinski definition) is 9. The summed E-state index contributed by atoms with van der Waals surface area (Å²) in [5, 5.41) is 8.24. The monoisotopic (exact) mass is 583 g/mol. The molecular formula is C20H13Cl2F6N7O3. The first-order valence-electron chi connectivity index (χ1n) is 10.2. The second kappa shape index (κ2) is 9.58.